The Morgan fingerprint density at radius 1 is 0.850 bits per heavy atom. The lowest BCUT2D eigenvalue weighted by Crippen LogP contribution is -2.00. The van der Waals surface area contributed by atoms with Crippen molar-refractivity contribution in [3.63, 3.8) is 0 Å². The minimum atomic E-state index is 0.656. The molecule has 3 aromatic carbocycles. The molecule has 0 bridgehead atoms. The summed E-state index contributed by atoms with van der Waals surface area (Å²) in [7, 11) is 0. The molecule has 3 heteroatoms. The number of benzene rings is 3. The van der Waals surface area contributed by atoms with Gasteiger partial charge in [-0.2, -0.15) is 0 Å². The summed E-state index contributed by atoms with van der Waals surface area (Å²) in [6.07, 6.45) is 0. The molecule has 0 amide bonds. The second kappa shape index (κ2) is 5.74. The molecule has 3 aromatic rings. The summed E-state index contributed by atoms with van der Waals surface area (Å²) in [4.78, 5) is 0. The van der Waals surface area contributed by atoms with Crippen molar-refractivity contribution in [3.05, 3.63) is 76.3 Å². The van der Waals surface area contributed by atoms with Crippen LogP contribution in [0.25, 0.3) is 10.8 Å². The van der Waals surface area contributed by atoms with Crippen LogP contribution in [0.1, 0.15) is 5.56 Å². The zero-order valence-electron chi connectivity index (χ0n) is 10.7. The number of nitrogens with one attached hydrogen (secondary N) is 1. The molecule has 0 aliphatic rings. The molecular formula is C17H13Cl2N. The first-order valence-corrected chi connectivity index (χ1v) is 7.15. The Kier molecular flexibility index (Phi) is 3.81. The summed E-state index contributed by atoms with van der Waals surface area (Å²) in [5.41, 5.74) is 2.14. The maximum atomic E-state index is 6.19. The third kappa shape index (κ3) is 2.74. The monoisotopic (exact) mass is 301 g/mol. The standard InChI is InChI=1S/C17H13Cl2N/c18-14-9-8-13(16(19)10-14)11-20-17-7-3-5-12-4-1-2-6-15(12)17/h1-10,20H,11H2. The number of hydrogen-bond donors (Lipinski definition) is 1. The van der Waals surface area contributed by atoms with Crippen molar-refractivity contribution in [2.24, 2.45) is 0 Å². The van der Waals surface area contributed by atoms with E-state index in [1.807, 2.05) is 30.3 Å². The molecule has 0 atom stereocenters. The van der Waals surface area contributed by atoms with E-state index in [1.165, 1.54) is 10.8 Å². The van der Waals surface area contributed by atoms with E-state index in [0.29, 0.717) is 16.6 Å². The van der Waals surface area contributed by atoms with E-state index in [1.54, 1.807) is 6.07 Å². The Labute approximate surface area is 128 Å². The van der Waals surface area contributed by atoms with E-state index in [2.05, 4.69) is 29.6 Å². The second-order valence-corrected chi connectivity index (χ2v) is 5.46. The van der Waals surface area contributed by atoms with E-state index in [4.69, 9.17) is 23.2 Å². The number of anilines is 1. The van der Waals surface area contributed by atoms with Gasteiger partial charge in [-0.05, 0) is 29.1 Å². The summed E-state index contributed by atoms with van der Waals surface area (Å²) >= 11 is 12.1. The van der Waals surface area contributed by atoms with Gasteiger partial charge in [0.05, 0.1) is 0 Å². The van der Waals surface area contributed by atoms with Gasteiger partial charge in [0.1, 0.15) is 0 Å². The molecule has 0 spiro atoms. The summed E-state index contributed by atoms with van der Waals surface area (Å²) in [6.45, 7) is 0.671. The maximum Gasteiger partial charge on any atom is 0.0470 e. The van der Waals surface area contributed by atoms with Crippen molar-refractivity contribution in [1.82, 2.24) is 0 Å². The minimum Gasteiger partial charge on any atom is -0.380 e. The van der Waals surface area contributed by atoms with Gasteiger partial charge in [0.25, 0.3) is 0 Å². The SMILES string of the molecule is Clc1ccc(CNc2cccc3ccccc23)c(Cl)c1. The fraction of sp³-hybridized carbons (Fsp3) is 0.0588. The smallest absolute Gasteiger partial charge is 0.0470 e. The molecule has 0 fully saturated rings. The molecule has 1 nitrogen and oxygen atoms in total. The van der Waals surface area contributed by atoms with Crippen LogP contribution < -0.4 is 5.32 Å². The van der Waals surface area contributed by atoms with Crippen molar-refractivity contribution < 1.29 is 0 Å². The van der Waals surface area contributed by atoms with Gasteiger partial charge in [0.15, 0.2) is 0 Å². The van der Waals surface area contributed by atoms with Crippen LogP contribution in [0.5, 0.6) is 0 Å². The average molecular weight is 302 g/mol. The predicted molar refractivity (Wildman–Crippen MR) is 87.7 cm³/mol. The number of rotatable bonds is 3. The summed E-state index contributed by atoms with van der Waals surface area (Å²) in [5.74, 6) is 0. The quantitative estimate of drug-likeness (QED) is 0.648. The normalized spacial score (nSPS) is 10.7. The number of hydrogen-bond acceptors (Lipinski definition) is 1. The van der Waals surface area contributed by atoms with E-state index in [-0.39, 0.29) is 0 Å². The molecule has 1 N–H and O–H groups in total. The third-order valence-corrected chi connectivity index (χ3v) is 3.86. The van der Waals surface area contributed by atoms with Crippen molar-refractivity contribution in [2.75, 3.05) is 5.32 Å². The highest BCUT2D eigenvalue weighted by atomic mass is 35.5. The van der Waals surface area contributed by atoms with Gasteiger partial charge in [0.2, 0.25) is 0 Å². The summed E-state index contributed by atoms with van der Waals surface area (Å²) < 4.78 is 0. The lowest BCUT2D eigenvalue weighted by atomic mass is 10.1. The Hall–Kier alpha value is -1.70. The molecule has 0 aromatic heterocycles. The molecule has 0 radical (unpaired) electrons. The molecule has 3 rings (SSSR count). The molecule has 0 saturated carbocycles. The van der Waals surface area contributed by atoms with Crippen LogP contribution in [0.2, 0.25) is 10.0 Å². The number of halogens is 2. The fourth-order valence-electron chi connectivity index (χ4n) is 2.24. The molecule has 0 aliphatic carbocycles. The van der Waals surface area contributed by atoms with Crippen LogP contribution >= 0.6 is 23.2 Å². The zero-order valence-corrected chi connectivity index (χ0v) is 12.2. The summed E-state index contributed by atoms with van der Waals surface area (Å²) in [6, 6.07) is 20.1. The maximum absolute atomic E-state index is 6.19. The fourth-order valence-corrected chi connectivity index (χ4v) is 2.71. The van der Waals surface area contributed by atoms with Crippen LogP contribution in [0, 0.1) is 0 Å². The van der Waals surface area contributed by atoms with E-state index in [0.717, 1.165) is 11.3 Å². The molecule has 100 valence electrons. The second-order valence-electron chi connectivity index (χ2n) is 4.62. The highest BCUT2D eigenvalue weighted by Crippen LogP contribution is 2.25. The van der Waals surface area contributed by atoms with Crippen molar-refractivity contribution >= 4 is 39.7 Å². The first-order valence-electron chi connectivity index (χ1n) is 6.39. The zero-order chi connectivity index (χ0) is 13.9. The van der Waals surface area contributed by atoms with E-state index >= 15 is 0 Å². The van der Waals surface area contributed by atoms with E-state index in [9.17, 15) is 0 Å². The minimum absolute atomic E-state index is 0.656. The van der Waals surface area contributed by atoms with Crippen LogP contribution in [-0.2, 0) is 6.54 Å². The van der Waals surface area contributed by atoms with Gasteiger partial charge in [0, 0.05) is 27.7 Å². The Bertz CT molecular complexity index is 748. The first kappa shape index (κ1) is 13.3. The van der Waals surface area contributed by atoms with Gasteiger partial charge in [-0.15, -0.1) is 0 Å². The van der Waals surface area contributed by atoms with Crippen LogP contribution in [0.4, 0.5) is 5.69 Å². The highest BCUT2D eigenvalue weighted by molar-refractivity contribution is 6.35. The van der Waals surface area contributed by atoms with E-state index < -0.39 is 0 Å². The number of fused-ring (bicyclic) bond motifs is 1. The van der Waals surface area contributed by atoms with Gasteiger partial charge in [-0.3, -0.25) is 0 Å². The van der Waals surface area contributed by atoms with Crippen LogP contribution in [-0.4, -0.2) is 0 Å². The van der Waals surface area contributed by atoms with Crippen LogP contribution in [0.15, 0.2) is 60.7 Å². The van der Waals surface area contributed by atoms with Crippen molar-refractivity contribution in [2.45, 2.75) is 6.54 Å². The molecular weight excluding hydrogens is 289 g/mol. The predicted octanol–water partition coefficient (Wildman–Crippen LogP) is 5.76. The van der Waals surface area contributed by atoms with Crippen molar-refractivity contribution in [3.8, 4) is 0 Å². The van der Waals surface area contributed by atoms with Gasteiger partial charge >= 0.3 is 0 Å². The molecule has 0 aliphatic heterocycles. The average Bonchev–Trinajstić information content (AvgIpc) is 2.46. The lowest BCUT2D eigenvalue weighted by Gasteiger charge is -2.11. The first-order chi connectivity index (χ1) is 9.74. The topological polar surface area (TPSA) is 12.0 Å². The summed E-state index contributed by atoms with van der Waals surface area (Å²) in [5, 5.41) is 7.21. The van der Waals surface area contributed by atoms with Gasteiger partial charge in [-0.1, -0.05) is 65.7 Å². The third-order valence-electron chi connectivity index (χ3n) is 3.27. The molecule has 20 heavy (non-hydrogen) atoms. The van der Waals surface area contributed by atoms with Crippen LogP contribution in [0.3, 0.4) is 0 Å². The molecule has 0 unspecified atom stereocenters. The van der Waals surface area contributed by atoms with Crippen molar-refractivity contribution in [1.29, 1.82) is 0 Å². The molecule has 0 saturated heterocycles. The highest BCUT2D eigenvalue weighted by Gasteiger charge is 2.03. The molecule has 0 heterocycles. The van der Waals surface area contributed by atoms with Gasteiger partial charge < -0.3 is 5.32 Å². The Morgan fingerprint density at radius 2 is 1.65 bits per heavy atom. The largest absolute Gasteiger partial charge is 0.380 e. The Balaban J connectivity index is 1.87. The van der Waals surface area contributed by atoms with Gasteiger partial charge in [-0.25, -0.2) is 0 Å². The Morgan fingerprint density at radius 3 is 2.50 bits per heavy atom. The lowest BCUT2D eigenvalue weighted by molar-refractivity contribution is 1.15.